The Hall–Kier alpha value is -0.380. The van der Waals surface area contributed by atoms with Crippen LogP contribution in [-0.4, -0.2) is 18.6 Å². The molecule has 1 saturated heterocycles. The predicted octanol–water partition coefficient (Wildman–Crippen LogP) is 3.71. The minimum absolute atomic E-state index is 0.734. The molecule has 0 aromatic carbocycles. The molecule has 1 aliphatic heterocycles. The van der Waals surface area contributed by atoms with E-state index in [0.717, 1.165) is 24.5 Å². The number of rotatable bonds is 5. The Bertz CT molecular complexity index is 409. The molecule has 1 aromatic rings. The largest absolute Gasteiger partial charge is 0.314 e. The highest BCUT2D eigenvalue weighted by atomic mass is 32.1. The number of hydrogen-bond donors (Lipinski definition) is 2. The summed E-state index contributed by atoms with van der Waals surface area (Å²) in [5.41, 5.74) is 1.54. The summed E-state index contributed by atoms with van der Waals surface area (Å²) in [5.74, 6) is 0.861. The van der Waals surface area contributed by atoms with E-state index in [2.05, 4.69) is 29.0 Å². The Morgan fingerprint density at radius 1 is 1.25 bits per heavy atom. The van der Waals surface area contributed by atoms with Crippen LogP contribution in [0.5, 0.6) is 0 Å². The summed E-state index contributed by atoms with van der Waals surface area (Å²) < 4.78 is 0. The average Bonchev–Trinajstić information content (AvgIpc) is 3.14. The second-order valence-electron chi connectivity index (χ2n) is 6.36. The number of nitrogens with one attached hydrogen (secondary N) is 2. The highest BCUT2D eigenvalue weighted by molar-refractivity contribution is 7.10. The lowest BCUT2D eigenvalue weighted by atomic mass is 9.88. The van der Waals surface area contributed by atoms with Crippen LogP contribution >= 0.6 is 11.3 Å². The van der Waals surface area contributed by atoms with Gasteiger partial charge in [-0.05, 0) is 61.6 Å². The molecular weight excluding hydrogens is 264 g/mol. The first kappa shape index (κ1) is 14.6. The van der Waals surface area contributed by atoms with Gasteiger partial charge in [0.25, 0.3) is 0 Å². The van der Waals surface area contributed by atoms with Crippen LogP contribution in [0.15, 0.2) is 11.4 Å². The van der Waals surface area contributed by atoms with Gasteiger partial charge in [-0.25, -0.2) is 0 Å². The molecule has 0 amide bonds. The Labute approximate surface area is 127 Å². The predicted molar refractivity (Wildman–Crippen MR) is 87.3 cm³/mol. The molecule has 1 aromatic heterocycles. The normalized spacial score (nSPS) is 30.8. The zero-order chi connectivity index (χ0) is 13.8. The fourth-order valence-electron chi connectivity index (χ4n) is 4.03. The molecule has 3 rings (SSSR count). The second kappa shape index (κ2) is 7.06. The first-order valence-corrected chi connectivity index (χ1v) is 9.28. The molecule has 0 spiro atoms. The van der Waals surface area contributed by atoms with Crippen LogP contribution in [0.4, 0.5) is 0 Å². The maximum atomic E-state index is 3.88. The molecule has 1 aliphatic carbocycles. The highest BCUT2D eigenvalue weighted by Crippen LogP contribution is 2.32. The van der Waals surface area contributed by atoms with E-state index < -0.39 is 0 Å². The summed E-state index contributed by atoms with van der Waals surface area (Å²) in [5, 5.41) is 9.89. The third-order valence-electron chi connectivity index (χ3n) is 5.18. The molecule has 2 fully saturated rings. The Kier molecular flexibility index (Phi) is 5.14. The topological polar surface area (TPSA) is 24.1 Å². The zero-order valence-electron chi connectivity index (χ0n) is 12.7. The van der Waals surface area contributed by atoms with Crippen molar-refractivity contribution in [2.75, 3.05) is 6.54 Å². The molecule has 0 bridgehead atoms. The molecule has 0 radical (unpaired) electrons. The Balaban J connectivity index is 1.56. The monoisotopic (exact) mass is 292 g/mol. The standard InChI is InChI=1S/C17H28N2S/c1-2-13-9-11-20-17(13)12-19-16-8-5-6-14(16)15-7-3-4-10-18-15/h9,11,14-16,18-19H,2-8,10,12H2,1H3. The smallest absolute Gasteiger partial charge is 0.0305 e. The maximum Gasteiger partial charge on any atom is 0.0305 e. The van der Waals surface area contributed by atoms with E-state index in [4.69, 9.17) is 0 Å². The molecule has 3 heteroatoms. The molecule has 3 atom stereocenters. The van der Waals surface area contributed by atoms with Crippen molar-refractivity contribution < 1.29 is 0 Å². The van der Waals surface area contributed by atoms with Gasteiger partial charge < -0.3 is 10.6 Å². The van der Waals surface area contributed by atoms with Crippen LogP contribution < -0.4 is 10.6 Å². The number of hydrogen-bond acceptors (Lipinski definition) is 3. The number of thiophene rings is 1. The fraction of sp³-hybridized carbons (Fsp3) is 0.765. The first-order chi connectivity index (χ1) is 9.88. The lowest BCUT2D eigenvalue weighted by Crippen LogP contribution is -2.46. The van der Waals surface area contributed by atoms with E-state index in [-0.39, 0.29) is 0 Å². The van der Waals surface area contributed by atoms with Gasteiger partial charge in [0.1, 0.15) is 0 Å². The molecule has 3 unspecified atom stereocenters. The summed E-state index contributed by atoms with van der Waals surface area (Å²) >= 11 is 1.92. The quantitative estimate of drug-likeness (QED) is 0.864. The van der Waals surface area contributed by atoms with E-state index in [0.29, 0.717) is 0 Å². The summed E-state index contributed by atoms with van der Waals surface area (Å²) in [6.45, 7) is 4.57. The Morgan fingerprint density at radius 3 is 3.00 bits per heavy atom. The van der Waals surface area contributed by atoms with Gasteiger partial charge >= 0.3 is 0 Å². The lowest BCUT2D eigenvalue weighted by Gasteiger charge is -2.33. The summed E-state index contributed by atoms with van der Waals surface area (Å²) in [6.07, 6.45) is 9.55. The van der Waals surface area contributed by atoms with Gasteiger partial charge in [-0.2, -0.15) is 0 Å². The van der Waals surface area contributed by atoms with E-state index in [1.165, 1.54) is 57.1 Å². The van der Waals surface area contributed by atoms with Crippen molar-refractivity contribution in [3.8, 4) is 0 Å². The van der Waals surface area contributed by atoms with Crippen molar-refractivity contribution in [2.24, 2.45) is 5.92 Å². The van der Waals surface area contributed by atoms with Crippen LogP contribution in [0.1, 0.15) is 55.9 Å². The van der Waals surface area contributed by atoms with Crippen LogP contribution in [0.2, 0.25) is 0 Å². The lowest BCUT2D eigenvalue weighted by molar-refractivity contribution is 0.257. The summed E-state index contributed by atoms with van der Waals surface area (Å²) in [6, 6.07) is 3.80. The van der Waals surface area contributed by atoms with E-state index in [1.807, 2.05) is 11.3 Å². The minimum Gasteiger partial charge on any atom is -0.314 e. The van der Waals surface area contributed by atoms with E-state index >= 15 is 0 Å². The third kappa shape index (κ3) is 3.26. The van der Waals surface area contributed by atoms with Crippen molar-refractivity contribution in [1.82, 2.24) is 10.6 Å². The van der Waals surface area contributed by atoms with Gasteiger partial charge in [0.2, 0.25) is 0 Å². The van der Waals surface area contributed by atoms with Crippen LogP contribution in [0, 0.1) is 5.92 Å². The van der Waals surface area contributed by atoms with Gasteiger partial charge in [-0.15, -0.1) is 11.3 Å². The van der Waals surface area contributed by atoms with Crippen molar-refractivity contribution in [3.05, 3.63) is 21.9 Å². The second-order valence-corrected chi connectivity index (χ2v) is 7.36. The molecule has 2 nitrogen and oxygen atoms in total. The van der Waals surface area contributed by atoms with Crippen molar-refractivity contribution in [1.29, 1.82) is 0 Å². The van der Waals surface area contributed by atoms with E-state index in [1.54, 1.807) is 4.88 Å². The summed E-state index contributed by atoms with van der Waals surface area (Å²) in [4.78, 5) is 1.55. The van der Waals surface area contributed by atoms with Crippen LogP contribution in [-0.2, 0) is 13.0 Å². The van der Waals surface area contributed by atoms with Crippen LogP contribution in [0.3, 0.4) is 0 Å². The van der Waals surface area contributed by atoms with E-state index in [9.17, 15) is 0 Å². The van der Waals surface area contributed by atoms with Crippen molar-refractivity contribution in [3.63, 3.8) is 0 Å². The molecule has 2 N–H and O–H groups in total. The SMILES string of the molecule is CCc1ccsc1CNC1CCCC1C1CCCCN1. The zero-order valence-corrected chi connectivity index (χ0v) is 13.5. The maximum absolute atomic E-state index is 3.88. The number of aryl methyl sites for hydroxylation is 1. The van der Waals surface area contributed by atoms with Gasteiger partial charge in [0.15, 0.2) is 0 Å². The molecular formula is C17H28N2S. The van der Waals surface area contributed by atoms with Gasteiger partial charge in [0, 0.05) is 23.5 Å². The average molecular weight is 292 g/mol. The van der Waals surface area contributed by atoms with Crippen LogP contribution in [0.25, 0.3) is 0 Å². The fourth-order valence-corrected chi connectivity index (χ4v) is 4.96. The summed E-state index contributed by atoms with van der Waals surface area (Å²) in [7, 11) is 0. The highest BCUT2D eigenvalue weighted by Gasteiger charge is 2.33. The number of piperidine rings is 1. The van der Waals surface area contributed by atoms with Gasteiger partial charge in [-0.3, -0.25) is 0 Å². The minimum atomic E-state index is 0.734. The van der Waals surface area contributed by atoms with Crippen molar-refractivity contribution >= 4 is 11.3 Å². The van der Waals surface area contributed by atoms with Gasteiger partial charge in [0.05, 0.1) is 0 Å². The molecule has 20 heavy (non-hydrogen) atoms. The molecule has 112 valence electrons. The molecule has 1 saturated carbocycles. The third-order valence-corrected chi connectivity index (χ3v) is 6.14. The Morgan fingerprint density at radius 2 is 2.20 bits per heavy atom. The van der Waals surface area contributed by atoms with Crippen molar-refractivity contribution in [2.45, 2.75) is 70.5 Å². The first-order valence-electron chi connectivity index (χ1n) is 8.40. The molecule has 2 aliphatic rings. The molecule has 2 heterocycles. The van der Waals surface area contributed by atoms with Gasteiger partial charge in [-0.1, -0.05) is 19.8 Å².